The maximum absolute atomic E-state index is 7.13. The Balaban J connectivity index is 3.76. The Morgan fingerprint density at radius 3 is 2.54 bits per heavy atom. The lowest BCUT2D eigenvalue weighted by Crippen LogP contribution is -2.17. The summed E-state index contributed by atoms with van der Waals surface area (Å²) in [7, 11) is 0. The molecule has 2 heteroatoms. The summed E-state index contributed by atoms with van der Waals surface area (Å²) in [4.78, 5) is 0. The molecule has 3 N–H and O–H groups in total. The first-order chi connectivity index (χ1) is 6.04. The Labute approximate surface area is 82.4 Å². The van der Waals surface area contributed by atoms with Crippen LogP contribution in [0.4, 0.5) is 0 Å². The predicted octanol–water partition coefficient (Wildman–Crippen LogP) is 3.12. The van der Waals surface area contributed by atoms with Gasteiger partial charge in [-0.2, -0.15) is 0 Å². The van der Waals surface area contributed by atoms with Crippen LogP contribution in [-0.2, 0) is 0 Å². The van der Waals surface area contributed by atoms with Crippen molar-refractivity contribution in [2.45, 2.75) is 52.9 Å². The first-order valence-electron chi connectivity index (χ1n) is 5.15. The second-order valence-electron chi connectivity index (χ2n) is 4.16. The molecule has 0 aromatic heterocycles. The third-order valence-corrected chi connectivity index (χ3v) is 2.78. The van der Waals surface area contributed by atoms with Gasteiger partial charge in [-0.15, -0.1) is 0 Å². The summed E-state index contributed by atoms with van der Waals surface area (Å²) >= 11 is 0. The second-order valence-corrected chi connectivity index (χ2v) is 4.16. The summed E-state index contributed by atoms with van der Waals surface area (Å²) in [6, 6.07) is 0. The molecule has 0 aliphatic heterocycles. The molecule has 0 saturated carbocycles. The number of hydrogen-bond acceptors (Lipinski definition) is 1. The standard InChI is InChI=1S/C11H23N2/c1-4-8-11(3,5-2)9-6-7-10(12)13/h4H,5-9H2,1-3H3,(H3,12,13). The molecule has 1 atom stereocenters. The molecule has 0 aliphatic rings. The van der Waals surface area contributed by atoms with E-state index in [1.807, 2.05) is 0 Å². The Hall–Kier alpha value is -0.530. The average Bonchev–Trinajstić information content (AvgIpc) is 2.04. The molecule has 1 radical (unpaired) electrons. The van der Waals surface area contributed by atoms with Crippen LogP contribution in [0, 0.1) is 17.2 Å². The first-order valence-corrected chi connectivity index (χ1v) is 5.15. The maximum atomic E-state index is 7.13. The van der Waals surface area contributed by atoms with E-state index in [0.717, 1.165) is 12.8 Å². The van der Waals surface area contributed by atoms with E-state index < -0.39 is 0 Å². The molecule has 0 bridgehead atoms. The van der Waals surface area contributed by atoms with Gasteiger partial charge < -0.3 is 5.73 Å². The summed E-state index contributed by atoms with van der Waals surface area (Å²) in [6.07, 6.45) is 7.58. The van der Waals surface area contributed by atoms with Crippen LogP contribution in [0.1, 0.15) is 52.9 Å². The molecule has 0 aromatic carbocycles. The summed E-state index contributed by atoms with van der Waals surface area (Å²) < 4.78 is 0. The van der Waals surface area contributed by atoms with Crippen LogP contribution in [0.15, 0.2) is 0 Å². The zero-order valence-electron chi connectivity index (χ0n) is 9.19. The molecule has 0 rings (SSSR count). The van der Waals surface area contributed by atoms with E-state index in [9.17, 15) is 0 Å². The van der Waals surface area contributed by atoms with Crippen LogP contribution in [0.25, 0.3) is 0 Å². The predicted molar refractivity (Wildman–Crippen MR) is 58.8 cm³/mol. The third kappa shape index (κ3) is 5.67. The van der Waals surface area contributed by atoms with Gasteiger partial charge in [-0.1, -0.05) is 27.2 Å². The number of rotatable bonds is 7. The van der Waals surface area contributed by atoms with Gasteiger partial charge in [0.2, 0.25) is 0 Å². The molecule has 1 unspecified atom stereocenters. The van der Waals surface area contributed by atoms with Gasteiger partial charge in [0, 0.05) is 6.42 Å². The Morgan fingerprint density at radius 1 is 1.54 bits per heavy atom. The van der Waals surface area contributed by atoms with Crippen molar-refractivity contribution >= 4 is 5.84 Å². The normalized spacial score (nSPS) is 15.3. The Morgan fingerprint density at radius 2 is 2.15 bits per heavy atom. The quantitative estimate of drug-likeness (QED) is 0.462. The summed E-state index contributed by atoms with van der Waals surface area (Å²) in [6.45, 7) is 6.66. The van der Waals surface area contributed by atoms with Crippen LogP contribution in [0.5, 0.6) is 0 Å². The van der Waals surface area contributed by atoms with Gasteiger partial charge in [-0.05, 0) is 31.1 Å². The number of nitrogens with two attached hydrogens (primary N) is 1. The smallest absolute Gasteiger partial charge is 0.0905 e. The topological polar surface area (TPSA) is 49.9 Å². The fourth-order valence-electron chi connectivity index (χ4n) is 1.62. The van der Waals surface area contributed by atoms with E-state index in [1.54, 1.807) is 0 Å². The molecule has 0 spiro atoms. The van der Waals surface area contributed by atoms with Crippen molar-refractivity contribution in [3.05, 3.63) is 6.42 Å². The van der Waals surface area contributed by atoms with Crippen LogP contribution in [0.2, 0.25) is 0 Å². The van der Waals surface area contributed by atoms with E-state index in [2.05, 4.69) is 27.2 Å². The van der Waals surface area contributed by atoms with E-state index in [1.165, 1.54) is 19.3 Å². The molecular formula is C11H23N2. The van der Waals surface area contributed by atoms with Crippen molar-refractivity contribution in [3.63, 3.8) is 0 Å². The van der Waals surface area contributed by atoms with Crippen LogP contribution >= 0.6 is 0 Å². The van der Waals surface area contributed by atoms with E-state index in [-0.39, 0.29) is 0 Å². The molecule has 77 valence electrons. The molecule has 0 fully saturated rings. The Kier molecular flexibility index (Phi) is 5.76. The lowest BCUT2D eigenvalue weighted by molar-refractivity contribution is 0.274. The minimum absolute atomic E-state index is 0.318. The maximum Gasteiger partial charge on any atom is 0.0905 e. The second kappa shape index (κ2) is 6.01. The molecule has 13 heavy (non-hydrogen) atoms. The van der Waals surface area contributed by atoms with Gasteiger partial charge in [-0.3, -0.25) is 5.41 Å². The third-order valence-electron chi connectivity index (χ3n) is 2.78. The Bertz CT molecular complexity index is 154. The van der Waals surface area contributed by atoms with E-state index >= 15 is 0 Å². The van der Waals surface area contributed by atoms with Crippen molar-refractivity contribution in [1.29, 1.82) is 5.41 Å². The summed E-state index contributed by atoms with van der Waals surface area (Å²) in [5.74, 6) is 0.318. The zero-order chi connectivity index (χ0) is 10.3. The number of amidine groups is 1. The fraction of sp³-hybridized carbons (Fsp3) is 0.818. The monoisotopic (exact) mass is 183 g/mol. The molecule has 2 nitrogen and oxygen atoms in total. The van der Waals surface area contributed by atoms with Gasteiger partial charge >= 0.3 is 0 Å². The van der Waals surface area contributed by atoms with Gasteiger partial charge in [-0.25, -0.2) is 0 Å². The average molecular weight is 183 g/mol. The van der Waals surface area contributed by atoms with Crippen molar-refractivity contribution in [2.75, 3.05) is 0 Å². The van der Waals surface area contributed by atoms with Gasteiger partial charge in [0.25, 0.3) is 0 Å². The van der Waals surface area contributed by atoms with Crippen molar-refractivity contribution in [3.8, 4) is 0 Å². The van der Waals surface area contributed by atoms with Gasteiger partial charge in [0.15, 0.2) is 0 Å². The molecule has 0 heterocycles. The van der Waals surface area contributed by atoms with E-state index in [0.29, 0.717) is 11.3 Å². The molecule has 0 saturated heterocycles. The van der Waals surface area contributed by atoms with Gasteiger partial charge in [0.1, 0.15) is 0 Å². The first kappa shape index (κ1) is 12.5. The highest BCUT2D eigenvalue weighted by Gasteiger charge is 2.20. The SMILES string of the molecule is C[CH]CC(C)(CC)CCCC(=N)N. The van der Waals surface area contributed by atoms with Crippen molar-refractivity contribution < 1.29 is 0 Å². The zero-order valence-corrected chi connectivity index (χ0v) is 9.19. The highest BCUT2D eigenvalue weighted by molar-refractivity contribution is 5.76. The number of hydrogen-bond donors (Lipinski definition) is 2. The highest BCUT2D eigenvalue weighted by Crippen LogP contribution is 2.32. The van der Waals surface area contributed by atoms with Crippen molar-refractivity contribution in [1.82, 2.24) is 0 Å². The summed E-state index contributed by atoms with van der Waals surface area (Å²) in [5.41, 5.74) is 5.73. The molecule has 0 aliphatic carbocycles. The molecule has 0 amide bonds. The number of nitrogens with one attached hydrogen (secondary N) is 1. The fourth-order valence-corrected chi connectivity index (χ4v) is 1.62. The molecular weight excluding hydrogens is 160 g/mol. The van der Waals surface area contributed by atoms with Crippen LogP contribution < -0.4 is 5.73 Å². The van der Waals surface area contributed by atoms with Crippen LogP contribution in [-0.4, -0.2) is 5.84 Å². The minimum Gasteiger partial charge on any atom is -0.388 e. The highest BCUT2D eigenvalue weighted by atomic mass is 14.7. The lowest BCUT2D eigenvalue weighted by Gasteiger charge is -2.27. The van der Waals surface area contributed by atoms with Gasteiger partial charge in [0.05, 0.1) is 5.84 Å². The van der Waals surface area contributed by atoms with Crippen LogP contribution in [0.3, 0.4) is 0 Å². The molecule has 0 aromatic rings. The minimum atomic E-state index is 0.318. The summed E-state index contributed by atoms with van der Waals surface area (Å²) in [5, 5.41) is 7.13. The van der Waals surface area contributed by atoms with E-state index in [4.69, 9.17) is 11.1 Å². The lowest BCUT2D eigenvalue weighted by atomic mass is 9.78. The largest absolute Gasteiger partial charge is 0.388 e. The van der Waals surface area contributed by atoms with Crippen molar-refractivity contribution in [2.24, 2.45) is 11.1 Å².